The zero-order chi connectivity index (χ0) is 15.9. The molecule has 1 aromatic carbocycles. The second kappa shape index (κ2) is 8.03. The van der Waals surface area contributed by atoms with E-state index < -0.39 is 0 Å². The van der Waals surface area contributed by atoms with Crippen LogP contribution in [0, 0.1) is 11.8 Å². The van der Waals surface area contributed by atoms with Crippen LogP contribution in [0.2, 0.25) is 0 Å². The van der Waals surface area contributed by atoms with E-state index in [1.165, 1.54) is 7.11 Å². The summed E-state index contributed by atoms with van der Waals surface area (Å²) >= 11 is 0. The highest BCUT2D eigenvalue weighted by Gasteiger charge is 2.34. The molecule has 0 amide bonds. The fourth-order valence-corrected chi connectivity index (χ4v) is 2.88. The molecule has 2 atom stereocenters. The van der Waals surface area contributed by atoms with Crippen molar-refractivity contribution >= 4 is 5.97 Å². The van der Waals surface area contributed by atoms with E-state index in [1.54, 1.807) is 7.11 Å². The average Bonchev–Trinajstić information content (AvgIpc) is 3.04. The normalized spacial score (nSPS) is 19.7. The van der Waals surface area contributed by atoms with Gasteiger partial charge in [-0.2, -0.15) is 0 Å². The Morgan fingerprint density at radius 2 is 1.95 bits per heavy atom. The third-order valence-electron chi connectivity index (χ3n) is 4.32. The molecule has 5 nitrogen and oxygen atoms in total. The highest BCUT2D eigenvalue weighted by molar-refractivity contribution is 5.73. The first-order valence-electron chi connectivity index (χ1n) is 7.75. The first kappa shape index (κ1) is 16.6. The summed E-state index contributed by atoms with van der Waals surface area (Å²) in [6.45, 7) is 5.48. The second-order valence-electron chi connectivity index (χ2n) is 5.56. The van der Waals surface area contributed by atoms with Crippen LogP contribution < -0.4 is 9.47 Å². The summed E-state index contributed by atoms with van der Waals surface area (Å²) in [5.74, 6) is 1.41. The Labute approximate surface area is 132 Å². The van der Waals surface area contributed by atoms with Crippen molar-refractivity contribution in [2.24, 2.45) is 11.8 Å². The van der Waals surface area contributed by atoms with E-state index in [2.05, 4.69) is 11.8 Å². The van der Waals surface area contributed by atoms with Crippen molar-refractivity contribution in [3.05, 3.63) is 24.3 Å². The van der Waals surface area contributed by atoms with Gasteiger partial charge in [0.1, 0.15) is 18.1 Å². The number of carbonyl (C=O) groups excluding carboxylic acids is 1. The lowest BCUT2D eigenvalue weighted by molar-refractivity contribution is -0.148. The molecule has 0 aromatic heterocycles. The summed E-state index contributed by atoms with van der Waals surface area (Å²) < 4.78 is 15.9. The van der Waals surface area contributed by atoms with Gasteiger partial charge in [-0.05, 0) is 49.7 Å². The Morgan fingerprint density at radius 1 is 1.27 bits per heavy atom. The first-order chi connectivity index (χ1) is 10.7. The van der Waals surface area contributed by atoms with Crippen LogP contribution in [0.4, 0.5) is 0 Å². The molecule has 5 heteroatoms. The van der Waals surface area contributed by atoms with Crippen LogP contribution in [0.1, 0.15) is 13.3 Å². The third kappa shape index (κ3) is 4.13. The summed E-state index contributed by atoms with van der Waals surface area (Å²) in [5.41, 5.74) is 0. The van der Waals surface area contributed by atoms with Gasteiger partial charge in [0, 0.05) is 6.54 Å². The van der Waals surface area contributed by atoms with Gasteiger partial charge in [0.15, 0.2) is 0 Å². The van der Waals surface area contributed by atoms with Crippen LogP contribution in [0.5, 0.6) is 11.5 Å². The molecule has 1 aliphatic heterocycles. The topological polar surface area (TPSA) is 48.0 Å². The van der Waals surface area contributed by atoms with E-state index in [4.69, 9.17) is 14.2 Å². The number of hydrogen-bond donors (Lipinski definition) is 0. The Hall–Kier alpha value is -1.75. The maximum absolute atomic E-state index is 12.1. The molecular weight excluding hydrogens is 282 g/mol. The summed E-state index contributed by atoms with van der Waals surface area (Å²) in [6, 6.07) is 7.38. The predicted molar refractivity (Wildman–Crippen MR) is 84.2 cm³/mol. The number of hydrogen-bond acceptors (Lipinski definition) is 5. The average molecular weight is 307 g/mol. The lowest BCUT2D eigenvalue weighted by Gasteiger charge is -2.22. The van der Waals surface area contributed by atoms with Crippen LogP contribution in [0.15, 0.2) is 24.3 Å². The van der Waals surface area contributed by atoms with Gasteiger partial charge in [0.05, 0.1) is 20.1 Å². The van der Waals surface area contributed by atoms with E-state index in [0.717, 1.165) is 37.6 Å². The van der Waals surface area contributed by atoms with Gasteiger partial charge in [-0.15, -0.1) is 0 Å². The Balaban J connectivity index is 1.96. The van der Waals surface area contributed by atoms with Crippen molar-refractivity contribution in [3.63, 3.8) is 0 Å². The number of rotatable bonds is 7. The van der Waals surface area contributed by atoms with E-state index in [0.29, 0.717) is 12.5 Å². The molecule has 1 saturated heterocycles. The van der Waals surface area contributed by atoms with Gasteiger partial charge in [-0.25, -0.2) is 0 Å². The summed E-state index contributed by atoms with van der Waals surface area (Å²) in [5, 5.41) is 0. The number of esters is 1. The monoisotopic (exact) mass is 307 g/mol. The zero-order valence-electron chi connectivity index (χ0n) is 13.6. The zero-order valence-corrected chi connectivity index (χ0v) is 13.6. The molecule has 0 spiro atoms. The minimum absolute atomic E-state index is 0.184. The number of likely N-dealkylation sites (tertiary alicyclic amines) is 1. The van der Waals surface area contributed by atoms with Crippen LogP contribution in [-0.2, 0) is 9.53 Å². The van der Waals surface area contributed by atoms with Gasteiger partial charge in [-0.3, -0.25) is 4.79 Å². The minimum Gasteiger partial charge on any atom is -0.497 e. The minimum atomic E-state index is -0.219. The van der Waals surface area contributed by atoms with Gasteiger partial charge < -0.3 is 19.1 Å². The number of nitrogens with zero attached hydrogens (tertiary/aromatic N) is 1. The summed E-state index contributed by atoms with van der Waals surface area (Å²) in [6.07, 6.45) is 1.01. The number of benzene rings is 1. The molecule has 0 N–H and O–H groups in total. The lowest BCUT2D eigenvalue weighted by Crippen LogP contribution is -2.32. The van der Waals surface area contributed by atoms with Gasteiger partial charge >= 0.3 is 5.97 Å². The van der Waals surface area contributed by atoms with Crippen molar-refractivity contribution in [2.75, 3.05) is 40.5 Å². The van der Waals surface area contributed by atoms with Crippen molar-refractivity contribution < 1.29 is 19.0 Å². The van der Waals surface area contributed by atoms with Crippen molar-refractivity contribution in [1.29, 1.82) is 0 Å². The quantitative estimate of drug-likeness (QED) is 0.723. The molecule has 0 saturated carbocycles. The van der Waals surface area contributed by atoms with Crippen LogP contribution >= 0.6 is 0 Å². The van der Waals surface area contributed by atoms with Crippen molar-refractivity contribution in [2.45, 2.75) is 13.3 Å². The predicted octanol–water partition coefficient (Wildman–Crippen LogP) is 2.21. The van der Waals surface area contributed by atoms with E-state index in [9.17, 15) is 4.79 Å². The molecule has 1 aromatic rings. The highest BCUT2D eigenvalue weighted by Crippen LogP contribution is 2.26. The Kier molecular flexibility index (Phi) is 6.07. The molecule has 2 unspecified atom stereocenters. The molecule has 122 valence electrons. The number of ether oxygens (including phenoxy) is 3. The molecule has 0 bridgehead atoms. The summed E-state index contributed by atoms with van der Waals surface area (Å²) in [7, 11) is 3.07. The maximum Gasteiger partial charge on any atom is 0.312 e. The summed E-state index contributed by atoms with van der Waals surface area (Å²) in [4.78, 5) is 14.4. The van der Waals surface area contributed by atoms with E-state index in [1.807, 2.05) is 24.3 Å². The van der Waals surface area contributed by atoms with Crippen LogP contribution in [-0.4, -0.2) is 51.3 Å². The molecule has 1 heterocycles. The maximum atomic E-state index is 12.1. The van der Waals surface area contributed by atoms with Crippen molar-refractivity contribution in [1.82, 2.24) is 4.90 Å². The second-order valence-corrected chi connectivity index (χ2v) is 5.56. The Bertz CT molecular complexity index is 474. The molecule has 22 heavy (non-hydrogen) atoms. The van der Waals surface area contributed by atoms with Gasteiger partial charge in [-0.1, -0.05) is 6.92 Å². The van der Waals surface area contributed by atoms with Crippen molar-refractivity contribution in [3.8, 4) is 11.5 Å². The van der Waals surface area contributed by atoms with Gasteiger partial charge in [0.2, 0.25) is 0 Å². The molecule has 0 radical (unpaired) electrons. The molecular formula is C17H25NO4. The molecule has 0 aliphatic carbocycles. The standard InChI is InChI=1S/C17H25NO4/c1-4-18-10-9-13(11-18)16(17(19)21-3)12-22-15-7-5-14(20-2)6-8-15/h5-8,13,16H,4,9-12H2,1-3H3. The third-order valence-corrected chi connectivity index (χ3v) is 4.32. The van der Waals surface area contributed by atoms with E-state index >= 15 is 0 Å². The largest absolute Gasteiger partial charge is 0.497 e. The number of methoxy groups -OCH3 is 2. The highest BCUT2D eigenvalue weighted by atomic mass is 16.5. The number of carbonyl (C=O) groups is 1. The van der Waals surface area contributed by atoms with E-state index in [-0.39, 0.29) is 11.9 Å². The fraction of sp³-hybridized carbons (Fsp3) is 0.588. The lowest BCUT2D eigenvalue weighted by atomic mass is 9.92. The first-order valence-corrected chi connectivity index (χ1v) is 7.75. The molecule has 2 rings (SSSR count). The smallest absolute Gasteiger partial charge is 0.312 e. The molecule has 1 fully saturated rings. The Morgan fingerprint density at radius 3 is 2.50 bits per heavy atom. The van der Waals surface area contributed by atoms with Crippen LogP contribution in [0.3, 0.4) is 0 Å². The van der Waals surface area contributed by atoms with Crippen LogP contribution in [0.25, 0.3) is 0 Å². The fourth-order valence-electron chi connectivity index (χ4n) is 2.88. The van der Waals surface area contributed by atoms with Gasteiger partial charge in [0.25, 0.3) is 0 Å². The molecule has 1 aliphatic rings. The SMILES string of the molecule is CCN1CCC(C(COc2ccc(OC)cc2)C(=O)OC)C1.